The quantitative estimate of drug-likeness (QED) is 0.554. The molecule has 6 nitrogen and oxygen atoms in total. The zero-order valence-corrected chi connectivity index (χ0v) is 15.0. The first kappa shape index (κ1) is 16.5. The Bertz CT molecular complexity index is 1160. The van der Waals surface area contributed by atoms with Crippen molar-refractivity contribution in [2.24, 2.45) is 7.05 Å². The van der Waals surface area contributed by atoms with Crippen molar-refractivity contribution in [1.29, 1.82) is 0 Å². The standard InChI is InChI=1S/C19H15ClN4O2/c1-11-19(25)24(2)16-8-5-13(10-15(16)21-11)18-22-17(26-23-18)9-12-3-6-14(20)7-4-12/h3-8,10H,9H2,1-2H3. The second-order valence-electron chi connectivity index (χ2n) is 6.08. The maximum atomic E-state index is 12.0. The normalized spacial score (nSPS) is 11.2. The molecule has 4 rings (SSSR count). The second-order valence-corrected chi connectivity index (χ2v) is 6.52. The van der Waals surface area contributed by atoms with Gasteiger partial charge in [-0.1, -0.05) is 28.9 Å². The van der Waals surface area contributed by atoms with Gasteiger partial charge < -0.3 is 9.09 Å². The number of aryl methyl sites for hydroxylation is 2. The van der Waals surface area contributed by atoms with Gasteiger partial charge in [-0.05, 0) is 42.8 Å². The fraction of sp³-hybridized carbons (Fsp3) is 0.158. The van der Waals surface area contributed by atoms with Gasteiger partial charge in [-0.2, -0.15) is 4.98 Å². The van der Waals surface area contributed by atoms with Gasteiger partial charge in [0.25, 0.3) is 5.56 Å². The molecule has 0 fully saturated rings. The molecule has 0 unspecified atom stereocenters. The van der Waals surface area contributed by atoms with Gasteiger partial charge >= 0.3 is 0 Å². The van der Waals surface area contributed by atoms with E-state index in [9.17, 15) is 4.79 Å². The monoisotopic (exact) mass is 366 g/mol. The molecule has 2 aromatic carbocycles. The minimum atomic E-state index is -0.102. The Hall–Kier alpha value is -2.99. The lowest BCUT2D eigenvalue weighted by Gasteiger charge is -2.06. The van der Waals surface area contributed by atoms with E-state index in [1.165, 1.54) is 0 Å². The van der Waals surface area contributed by atoms with Crippen LogP contribution in [0.15, 0.2) is 51.8 Å². The molecule has 0 spiro atoms. The van der Waals surface area contributed by atoms with Gasteiger partial charge in [0.2, 0.25) is 11.7 Å². The number of fused-ring (bicyclic) bond motifs is 1. The highest BCUT2D eigenvalue weighted by Gasteiger charge is 2.12. The van der Waals surface area contributed by atoms with Crippen molar-refractivity contribution in [1.82, 2.24) is 19.7 Å². The van der Waals surface area contributed by atoms with Gasteiger partial charge in [0.05, 0.1) is 17.5 Å². The van der Waals surface area contributed by atoms with Crippen molar-refractivity contribution in [3.63, 3.8) is 0 Å². The zero-order chi connectivity index (χ0) is 18.3. The fourth-order valence-corrected chi connectivity index (χ4v) is 2.96. The van der Waals surface area contributed by atoms with E-state index >= 15 is 0 Å². The van der Waals surface area contributed by atoms with E-state index < -0.39 is 0 Å². The second kappa shape index (κ2) is 6.38. The molecule has 26 heavy (non-hydrogen) atoms. The molecule has 0 radical (unpaired) electrons. The summed E-state index contributed by atoms with van der Waals surface area (Å²) in [6, 6.07) is 13.1. The van der Waals surface area contributed by atoms with Gasteiger partial charge in [-0.3, -0.25) is 4.79 Å². The van der Waals surface area contributed by atoms with Crippen molar-refractivity contribution in [2.75, 3.05) is 0 Å². The van der Waals surface area contributed by atoms with Crippen LogP contribution in [0.5, 0.6) is 0 Å². The van der Waals surface area contributed by atoms with Crippen molar-refractivity contribution >= 4 is 22.6 Å². The van der Waals surface area contributed by atoms with Crippen molar-refractivity contribution in [3.8, 4) is 11.4 Å². The predicted octanol–water partition coefficient (Wildman–Crippen LogP) is 3.54. The van der Waals surface area contributed by atoms with Gasteiger partial charge in [-0.15, -0.1) is 0 Å². The van der Waals surface area contributed by atoms with Crippen LogP contribution in [-0.4, -0.2) is 19.7 Å². The Morgan fingerprint density at radius 1 is 1.12 bits per heavy atom. The van der Waals surface area contributed by atoms with E-state index in [1.54, 1.807) is 18.5 Å². The van der Waals surface area contributed by atoms with E-state index in [4.69, 9.17) is 16.1 Å². The average Bonchev–Trinajstić information content (AvgIpc) is 3.10. The zero-order valence-electron chi connectivity index (χ0n) is 14.2. The topological polar surface area (TPSA) is 73.8 Å². The van der Waals surface area contributed by atoms with Crippen molar-refractivity contribution in [2.45, 2.75) is 13.3 Å². The number of hydrogen-bond donors (Lipinski definition) is 0. The van der Waals surface area contributed by atoms with Gasteiger partial charge in [0.1, 0.15) is 5.69 Å². The lowest BCUT2D eigenvalue weighted by molar-refractivity contribution is 0.385. The minimum Gasteiger partial charge on any atom is -0.339 e. The summed E-state index contributed by atoms with van der Waals surface area (Å²) >= 11 is 5.90. The summed E-state index contributed by atoms with van der Waals surface area (Å²) in [6.07, 6.45) is 0.531. The number of rotatable bonds is 3. The van der Waals surface area contributed by atoms with E-state index in [2.05, 4.69) is 15.1 Å². The van der Waals surface area contributed by atoms with Crippen LogP contribution in [0.3, 0.4) is 0 Å². The minimum absolute atomic E-state index is 0.102. The van der Waals surface area contributed by atoms with Crippen molar-refractivity contribution < 1.29 is 4.52 Å². The number of nitrogens with zero attached hydrogens (tertiary/aromatic N) is 4. The van der Waals surface area contributed by atoms with Crippen molar-refractivity contribution in [3.05, 3.63) is 75.0 Å². The fourth-order valence-electron chi connectivity index (χ4n) is 2.84. The highest BCUT2D eigenvalue weighted by atomic mass is 35.5. The number of hydrogen-bond acceptors (Lipinski definition) is 5. The Labute approximate surface area is 154 Å². The summed E-state index contributed by atoms with van der Waals surface area (Å²) in [5.41, 5.74) is 3.65. The SMILES string of the molecule is Cc1nc2cc(-c3noc(Cc4ccc(Cl)cc4)n3)ccc2n(C)c1=O. The molecule has 0 amide bonds. The summed E-state index contributed by atoms with van der Waals surface area (Å²) < 4.78 is 6.95. The maximum absolute atomic E-state index is 12.0. The molecule has 0 aliphatic heterocycles. The first-order valence-electron chi connectivity index (χ1n) is 8.06. The molecule has 0 bridgehead atoms. The molecule has 0 atom stereocenters. The van der Waals surface area contributed by atoms with E-state index in [-0.39, 0.29) is 5.56 Å². The first-order valence-corrected chi connectivity index (χ1v) is 8.44. The van der Waals surface area contributed by atoms with Gasteiger partial charge in [-0.25, -0.2) is 4.98 Å². The van der Waals surface area contributed by atoms with E-state index in [1.807, 2.05) is 42.5 Å². The molecule has 0 N–H and O–H groups in total. The lowest BCUT2D eigenvalue weighted by Crippen LogP contribution is -2.21. The highest BCUT2D eigenvalue weighted by Crippen LogP contribution is 2.21. The molecule has 0 saturated heterocycles. The molecule has 0 aliphatic rings. The molecule has 7 heteroatoms. The van der Waals surface area contributed by atoms with Crippen LogP contribution in [0, 0.1) is 6.92 Å². The predicted molar refractivity (Wildman–Crippen MR) is 99.3 cm³/mol. The Morgan fingerprint density at radius 3 is 2.65 bits per heavy atom. The summed E-state index contributed by atoms with van der Waals surface area (Å²) in [4.78, 5) is 20.8. The first-order chi connectivity index (χ1) is 12.5. The summed E-state index contributed by atoms with van der Waals surface area (Å²) in [5.74, 6) is 1.01. The third-order valence-electron chi connectivity index (χ3n) is 4.23. The third kappa shape index (κ3) is 2.99. The summed E-state index contributed by atoms with van der Waals surface area (Å²) in [7, 11) is 1.73. The van der Waals surface area contributed by atoms with Crippen LogP contribution in [0.4, 0.5) is 0 Å². The summed E-state index contributed by atoms with van der Waals surface area (Å²) in [5, 5.41) is 4.75. The van der Waals surface area contributed by atoms with Crippen LogP contribution in [0.1, 0.15) is 17.1 Å². The van der Waals surface area contributed by atoms with E-state index in [0.717, 1.165) is 16.6 Å². The van der Waals surface area contributed by atoms with Crippen LogP contribution in [0.25, 0.3) is 22.4 Å². The highest BCUT2D eigenvalue weighted by molar-refractivity contribution is 6.30. The Balaban J connectivity index is 1.68. The molecular formula is C19H15ClN4O2. The smallest absolute Gasteiger partial charge is 0.272 e. The summed E-state index contributed by atoms with van der Waals surface area (Å²) in [6.45, 7) is 1.70. The number of aromatic nitrogens is 4. The number of benzene rings is 2. The molecule has 2 heterocycles. The van der Waals surface area contributed by atoms with Crippen LogP contribution >= 0.6 is 11.6 Å². The molecule has 0 aliphatic carbocycles. The molecular weight excluding hydrogens is 352 g/mol. The number of halogens is 1. The maximum Gasteiger partial charge on any atom is 0.272 e. The largest absolute Gasteiger partial charge is 0.339 e. The molecule has 4 aromatic rings. The van der Waals surface area contributed by atoms with Gasteiger partial charge in [0, 0.05) is 17.6 Å². The Morgan fingerprint density at radius 2 is 1.88 bits per heavy atom. The van der Waals surface area contributed by atoms with Crippen LogP contribution in [-0.2, 0) is 13.5 Å². The molecule has 130 valence electrons. The molecule has 0 saturated carbocycles. The third-order valence-corrected chi connectivity index (χ3v) is 4.49. The van der Waals surface area contributed by atoms with Crippen LogP contribution < -0.4 is 5.56 Å². The molecule has 2 aromatic heterocycles. The average molecular weight is 367 g/mol. The van der Waals surface area contributed by atoms with Gasteiger partial charge in [0.15, 0.2) is 0 Å². The Kier molecular flexibility index (Phi) is 4.05. The van der Waals surface area contributed by atoms with Crippen LogP contribution in [0.2, 0.25) is 5.02 Å². The lowest BCUT2D eigenvalue weighted by atomic mass is 10.1. The van der Waals surface area contributed by atoms with E-state index in [0.29, 0.717) is 34.4 Å².